The highest BCUT2D eigenvalue weighted by molar-refractivity contribution is 6.30. The second-order valence-electron chi connectivity index (χ2n) is 10.0. The van der Waals surface area contributed by atoms with Crippen LogP contribution in [0.3, 0.4) is 0 Å². The number of carbonyl (C=O) groups is 1. The topological polar surface area (TPSA) is 77.2 Å². The molecule has 2 N–H and O–H groups in total. The van der Waals surface area contributed by atoms with E-state index < -0.39 is 5.82 Å². The summed E-state index contributed by atoms with van der Waals surface area (Å²) < 4.78 is 26.4. The van der Waals surface area contributed by atoms with E-state index in [2.05, 4.69) is 4.99 Å². The number of amidine groups is 1. The van der Waals surface area contributed by atoms with Crippen LogP contribution >= 0.6 is 11.6 Å². The highest BCUT2D eigenvalue weighted by Gasteiger charge is 2.20. The molecule has 0 spiro atoms. The van der Waals surface area contributed by atoms with Crippen LogP contribution in [-0.4, -0.2) is 49.0 Å². The van der Waals surface area contributed by atoms with Gasteiger partial charge in [-0.15, -0.1) is 0 Å². The highest BCUT2D eigenvalue weighted by atomic mass is 35.5. The van der Waals surface area contributed by atoms with Crippen molar-refractivity contribution >= 4 is 23.3 Å². The summed E-state index contributed by atoms with van der Waals surface area (Å²) in [5, 5.41) is 0.637. The predicted octanol–water partition coefficient (Wildman–Crippen LogP) is 6.24. The number of halogens is 2. The smallest absolute Gasteiger partial charge is 0.254 e. The van der Waals surface area contributed by atoms with Crippen molar-refractivity contribution < 1.29 is 18.7 Å². The lowest BCUT2D eigenvalue weighted by Crippen LogP contribution is -2.40. The van der Waals surface area contributed by atoms with Crippen molar-refractivity contribution in [3.63, 3.8) is 0 Å². The lowest BCUT2D eigenvalue weighted by molar-refractivity contribution is 0.0303. The Bertz CT molecular complexity index is 1330. The molecule has 3 aromatic rings. The molecule has 1 amide bonds. The third kappa shape index (κ3) is 6.78. The van der Waals surface area contributed by atoms with Gasteiger partial charge in [0.25, 0.3) is 5.91 Å². The molecule has 0 bridgehead atoms. The minimum Gasteiger partial charge on any atom is -0.489 e. The molecule has 8 heteroatoms. The Morgan fingerprint density at radius 3 is 2.49 bits per heavy atom. The van der Waals surface area contributed by atoms with Crippen LogP contribution in [0.5, 0.6) is 5.75 Å². The summed E-state index contributed by atoms with van der Waals surface area (Å²) in [7, 11) is 0. The van der Waals surface area contributed by atoms with Gasteiger partial charge in [0.05, 0.1) is 24.8 Å². The molecule has 5 rings (SSSR count). The number of carbonyl (C=O) groups excluding carboxylic acids is 1. The second-order valence-corrected chi connectivity index (χ2v) is 10.5. The van der Waals surface area contributed by atoms with Gasteiger partial charge in [-0.1, -0.05) is 49.1 Å². The van der Waals surface area contributed by atoms with Crippen LogP contribution < -0.4 is 10.5 Å². The van der Waals surface area contributed by atoms with Crippen LogP contribution in [0.25, 0.3) is 11.1 Å². The molecule has 3 aromatic carbocycles. The predicted molar refractivity (Wildman–Crippen MR) is 152 cm³/mol. The van der Waals surface area contributed by atoms with E-state index in [0.717, 1.165) is 42.4 Å². The van der Waals surface area contributed by atoms with Gasteiger partial charge in [0.1, 0.15) is 24.0 Å². The van der Waals surface area contributed by atoms with Gasteiger partial charge in [-0.25, -0.2) is 4.39 Å². The molecule has 6 nitrogen and oxygen atoms in total. The summed E-state index contributed by atoms with van der Waals surface area (Å²) in [6.07, 6.45) is 5.47. The average Bonchev–Trinajstić information content (AvgIpc) is 2.97. The summed E-state index contributed by atoms with van der Waals surface area (Å²) in [5.74, 6) is 0.0723. The first-order valence-corrected chi connectivity index (χ1v) is 13.9. The maximum Gasteiger partial charge on any atom is 0.254 e. The van der Waals surface area contributed by atoms with Crippen molar-refractivity contribution in [2.24, 2.45) is 10.7 Å². The van der Waals surface area contributed by atoms with Gasteiger partial charge in [0, 0.05) is 29.7 Å². The van der Waals surface area contributed by atoms with Crippen molar-refractivity contribution in [1.82, 2.24) is 4.90 Å². The van der Waals surface area contributed by atoms with Gasteiger partial charge in [-0.3, -0.25) is 9.79 Å². The van der Waals surface area contributed by atoms with Crippen molar-refractivity contribution in [2.75, 3.05) is 26.3 Å². The fraction of sp³-hybridized carbons (Fsp3) is 0.355. The van der Waals surface area contributed by atoms with Gasteiger partial charge in [-0.2, -0.15) is 0 Å². The molecular weight excluding hydrogens is 517 g/mol. The fourth-order valence-corrected chi connectivity index (χ4v) is 5.26. The Morgan fingerprint density at radius 2 is 1.77 bits per heavy atom. The molecule has 1 saturated carbocycles. The molecule has 0 aromatic heterocycles. The van der Waals surface area contributed by atoms with Crippen LogP contribution in [0.2, 0.25) is 5.02 Å². The first-order chi connectivity index (χ1) is 19.0. The molecule has 39 heavy (non-hydrogen) atoms. The van der Waals surface area contributed by atoms with Crippen LogP contribution in [0, 0.1) is 5.82 Å². The lowest BCUT2D eigenvalue weighted by atomic mass is 9.96. The standard InChI is InChI=1S/C31H33ClFN3O3/c32-24-9-6-21(7-10-24)27-12-8-22(31(37)36-14-16-38-17-15-36)18-23(27)20-39-26-11-13-28(29(33)19-26)30(34)35-25-4-2-1-3-5-25/h6-13,18-19,25H,1-5,14-17,20H2,(H2,34,35). The van der Waals surface area contributed by atoms with Gasteiger partial charge in [0.2, 0.25) is 0 Å². The minimum absolute atomic E-state index is 0.0506. The van der Waals surface area contributed by atoms with Crippen LogP contribution in [-0.2, 0) is 11.3 Å². The fourth-order valence-electron chi connectivity index (χ4n) is 5.14. The van der Waals surface area contributed by atoms with Crippen molar-refractivity contribution in [3.8, 4) is 16.9 Å². The van der Waals surface area contributed by atoms with Crippen molar-refractivity contribution in [3.05, 3.63) is 88.2 Å². The van der Waals surface area contributed by atoms with Gasteiger partial charge >= 0.3 is 0 Å². The monoisotopic (exact) mass is 549 g/mol. The molecule has 1 heterocycles. The molecule has 0 radical (unpaired) electrons. The second kappa shape index (κ2) is 12.6. The Balaban J connectivity index is 1.36. The largest absolute Gasteiger partial charge is 0.489 e. The number of nitrogens with zero attached hydrogens (tertiary/aromatic N) is 2. The Kier molecular flexibility index (Phi) is 8.79. The zero-order valence-electron chi connectivity index (χ0n) is 21.9. The van der Waals surface area contributed by atoms with E-state index in [1.54, 1.807) is 17.0 Å². The quantitative estimate of drug-likeness (QED) is 0.280. The molecule has 204 valence electrons. The maximum atomic E-state index is 15.0. The van der Waals surface area contributed by atoms with E-state index in [9.17, 15) is 4.79 Å². The third-order valence-corrected chi connectivity index (χ3v) is 7.56. The van der Waals surface area contributed by atoms with Gasteiger partial charge in [0.15, 0.2) is 0 Å². The average molecular weight is 550 g/mol. The molecular formula is C31H33ClFN3O3. The summed E-state index contributed by atoms with van der Waals surface area (Å²) in [6, 6.07) is 17.9. The van der Waals surface area contributed by atoms with Crippen LogP contribution in [0.15, 0.2) is 65.7 Å². The lowest BCUT2D eigenvalue weighted by Gasteiger charge is -2.27. The number of amides is 1. The first-order valence-electron chi connectivity index (χ1n) is 13.5. The molecule has 0 unspecified atom stereocenters. The number of hydrogen-bond acceptors (Lipinski definition) is 4. The zero-order chi connectivity index (χ0) is 27.2. The summed E-state index contributed by atoms with van der Waals surface area (Å²) >= 11 is 6.10. The number of ether oxygens (including phenoxy) is 2. The first kappa shape index (κ1) is 27.2. The number of rotatable bonds is 7. The summed E-state index contributed by atoms with van der Waals surface area (Å²) in [5.41, 5.74) is 9.67. The highest BCUT2D eigenvalue weighted by Crippen LogP contribution is 2.29. The van der Waals surface area contributed by atoms with Gasteiger partial charge in [-0.05, 0) is 65.9 Å². The number of aliphatic imine (C=N–C) groups is 1. The number of morpholine rings is 1. The van der Waals surface area contributed by atoms with E-state index in [-0.39, 0.29) is 30.0 Å². The van der Waals surface area contributed by atoms with E-state index in [4.69, 9.17) is 26.8 Å². The van der Waals surface area contributed by atoms with E-state index in [1.165, 1.54) is 12.5 Å². The van der Waals surface area contributed by atoms with E-state index >= 15 is 4.39 Å². The Labute approximate surface area is 233 Å². The maximum absolute atomic E-state index is 15.0. The van der Waals surface area contributed by atoms with Crippen molar-refractivity contribution in [1.29, 1.82) is 0 Å². The molecule has 2 aliphatic rings. The van der Waals surface area contributed by atoms with Crippen LogP contribution in [0.1, 0.15) is 53.6 Å². The van der Waals surface area contributed by atoms with E-state index in [1.807, 2.05) is 42.5 Å². The van der Waals surface area contributed by atoms with Crippen molar-refractivity contribution in [2.45, 2.75) is 44.8 Å². The third-order valence-electron chi connectivity index (χ3n) is 7.31. The molecule has 1 saturated heterocycles. The number of benzene rings is 3. The number of nitrogens with two attached hydrogens (primary N) is 1. The summed E-state index contributed by atoms with van der Waals surface area (Å²) in [6.45, 7) is 2.32. The minimum atomic E-state index is -0.473. The molecule has 0 atom stereocenters. The normalized spacial score (nSPS) is 16.8. The molecule has 1 aliphatic heterocycles. The van der Waals surface area contributed by atoms with Crippen LogP contribution in [0.4, 0.5) is 4.39 Å². The molecule has 2 fully saturated rings. The summed E-state index contributed by atoms with van der Waals surface area (Å²) in [4.78, 5) is 19.5. The SMILES string of the molecule is NC(=NC1CCCCC1)c1ccc(OCc2cc(C(=O)N3CCOCC3)ccc2-c2ccc(Cl)cc2)cc1F. The Hall–Kier alpha value is -3.42. The van der Waals surface area contributed by atoms with Gasteiger partial charge < -0.3 is 20.1 Å². The Morgan fingerprint density at radius 1 is 1.03 bits per heavy atom. The van der Waals surface area contributed by atoms with E-state index in [0.29, 0.717) is 42.6 Å². The zero-order valence-corrected chi connectivity index (χ0v) is 22.6. The number of hydrogen-bond donors (Lipinski definition) is 1. The molecule has 1 aliphatic carbocycles.